The van der Waals surface area contributed by atoms with Crippen molar-refractivity contribution in [2.45, 2.75) is 6.92 Å². The largest absolute Gasteiger partial charge is 0.478 e. The van der Waals surface area contributed by atoms with Gasteiger partial charge in [0.05, 0.1) is 11.1 Å². The molecule has 1 aromatic carbocycles. The van der Waals surface area contributed by atoms with Crippen molar-refractivity contribution in [1.29, 1.82) is 0 Å². The van der Waals surface area contributed by atoms with Gasteiger partial charge in [0.25, 0.3) is 5.91 Å². The number of nitrogens with zero attached hydrogens (tertiary/aromatic N) is 1. The molecule has 0 aliphatic heterocycles. The molecule has 1 heterocycles. The first-order valence-corrected chi connectivity index (χ1v) is 6.53. The maximum atomic E-state index is 12.1. The number of carboxylic acid groups (broad SMARTS) is 1. The maximum absolute atomic E-state index is 12.1. The van der Waals surface area contributed by atoms with Gasteiger partial charge in [-0.1, -0.05) is 6.07 Å². The summed E-state index contributed by atoms with van der Waals surface area (Å²) in [5, 5.41) is 11.4. The van der Waals surface area contributed by atoms with E-state index in [1.807, 2.05) is 19.1 Å². The van der Waals surface area contributed by atoms with Crippen LogP contribution in [0, 0.1) is 6.92 Å². The molecule has 0 aliphatic carbocycles. The minimum Gasteiger partial charge on any atom is -0.478 e. The van der Waals surface area contributed by atoms with Crippen LogP contribution in [0.15, 0.2) is 41.0 Å². The van der Waals surface area contributed by atoms with Crippen LogP contribution in [0.1, 0.15) is 26.3 Å². The number of carboxylic acids is 1. The van der Waals surface area contributed by atoms with Crippen LogP contribution in [0.2, 0.25) is 0 Å². The Labute approximate surface area is 123 Å². The van der Waals surface area contributed by atoms with Crippen LogP contribution in [0.5, 0.6) is 0 Å². The number of aromatic carboxylic acids is 1. The second-order valence-corrected chi connectivity index (χ2v) is 5.03. The minimum absolute atomic E-state index is 0.0690. The molecule has 1 amide bonds. The quantitative estimate of drug-likeness (QED) is 0.903. The van der Waals surface area contributed by atoms with Gasteiger partial charge < -0.3 is 10.4 Å². The Morgan fingerprint density at radius 1 is 1.25 bits per heavy atom. The molecule has 0 unspecified atom stereocenters. The average molecular weight is 335 g/mol. The van der Waals surface area contributed by atoms with Crippen LogP contribution in [0.25, 0.3) is 0 Å². The molecular weight excluding hydrogens is 324 g/mol. The smallest absolute Gasteiger partial charge is 0.337 e. The van der Waals surface area contributed by atoms with E-state index in [9.17, 15) is 9.59 Å². The standard InChI is InChI=1S/C14H11BrN2O3/c1-8-2-4-10(11(15)6-8)13(18)17-12-5-3-9(7-16-12)14(19)20/h2-7H,1H3,(H,19,20)(H,16,17,18). The zero-order valence-electron chi connectivity index (χ0n) is 10.6. The van der Waals surface area contributed by atoms with Gasteiger partial charge in [-0.2, -0.15) is 0 Å². The molecule has 6 heteroatoms. The highest BCUT2D eigenvalue weighted by Crippen LogP contribution is 2.19. The van der Waals surface area contributed by atoms with Gasteiger partial charge in [-0.05, 0) is 52.7 Å². The van der Waals surface area contributed by atoms with Crippen LogP contribution >= 0.6 is 15.9 Å². The number of anilines is 1. The summed E-state index contributed by atoms with van der Waals surface area (Å²) < 4.78 is 0.692. The number of halogens is 1. The topological polar surface area (TPSA) is 79.3 Å². The number of aromatic nitrogens is 1. The van der Waals surface area contributed by atoms with Crippen LogP contribution in [-0.4, -0.2) is 22.0 Å². The zero-order valence-corrected chi connectivity index (χ0v) is 12.1. The molecule has 0 spiro atoms. The lowest BCUT2D eigenvalue weighted by Crippen LogP contribution is -2.14. The Morgan fingerprint density at radius 3 is 2.55 bits per heavy atom. The number of pyridine rings is 1. The number of carbonyl (C=O) groups excluding carboxylic acids is 1. The van der Waals surface area contributed by atoms with E-state index >= 15 is 0 Å². The lowest BCUT2D eigenvalue weighted by atomic mass is 10.1. The third kappa shape index (κ3) is 3.21. The summed E-state index contributed by atoms with van der Waals surface area (Å²) in [5.74, 6) is -1.07. The van der Waals surface area contributed by atoms with Crippen molar-refractivity contribution in [3.8, 4) is 0 Å². The van der Waals surface area contributed by atoms with E-state index in [4.69, 9.17) is 5.11 Å². The van der Waals surface area contributed by atoms with Crippen molar-refractivity contribution in [2.75, 3.05) is 5.32 Å². The Hall–Kier alpha value is -2.21. The Bertz CT molecular complexity index is 669. The number of nitrogens with one attached hydrogen (secondary N) is 1. The molecule has 0 radical (unpaired) electrons. The molecule has 0 bridgehead atoms. The Kier molecular flexibility index (Phi) is 4.14. The van der Waals surface area contributed by atoms with E-state index in [0.29, 0.717) is 15.9 Å². The highest BCUT2D eigenvalue weighted by molar-refractivity contribution is 9.10. The lowest BCUT2D eigenvalue weighted by Gasteiger charge is -2.07. The molecule has 0 fully saturated rings. The number of hydrogen-bond donors (Lipinski definition) is 2. The number of aryl methyl sites for hydroxylation is 1. The number of carbonyl (C=O) groups is 2. The van der Waals surface area contributed by atoms with Gasteiger partial charge in [0.15, 0.2) is 0 Å². The van der Waals surface area contributed by atoms with Crippen molar-refractivity contribution in [3.05, 3.63) is 57.7 Å². The van der Waals surface area contributed by atoms with E-state index in [2.05, 4.69) is 26.2 Å². The van der Waals surface area contributed by atoms with Crippen molar-refractivity contribution in [1.82, 2.24) is 4.98 Å². The van der Waals surface area contributed by atoms with Gasteiger partial charge in [-0.15, -0.1) is 0 Å². The first-order chi connectivity index (χ1) is 9.47. The van der Waals surface area contributed by atoms with E-state index in [-0.39, 0.29) is 11.5 Å². The highest BCUT2D eigenvalue weighted by Gasteiger charge is 2.11. The van der Waals surface area contributed by atoms with Crippen LogP contribution in [-0.2, 0) is 0 Å². The van der Waals surface area contributed by atoms with E-state index in [1.165, 1.54) is 18.3 Å². The second kappa shape index (κ2) is 5.83. The molecule has 0 atom stereocenters. The van der Waals surface area contributed by atoms with Crippen molar-refractivity contribution in [2.24, 2.45) is 0 Å². The predicted octanol–water partition coefficient (Wildman–Crippen LogP) is 3.10. The molecular formula is C14H11BrN2O3. The number of rotatable bonds is 3. The monoisotopic (exact) mass is 334 g/mol. The number of hydrogen-bond acceptors (Lipinski definition) is 3. The van der Waals surface area contributed by atoms with Gasteiger partial charge in [-0.3, -0.25) is 4.79 Å². The molecule has 5 nitrogen and oxygen atoms in total. The molecule has 20 heavy (non-hydrogen) atoms. The van der Waals surface area contributed by atoms with Crippen LogP contribution in [0.3, 0.4) is 0 Å². The predicted molar refractivity (Wildman–Crippen MR) is 78.0 cm³/mol. The molecule has 2 aromatic rings. The van der Waals surface area contributed by atoms with Crippen LogP contribution < -0.4 is 5.32 Å². The number of amides is 1. The van der Waals surface area contributed by atoms with Gasteiger partial charge in [0.1, 0.15) is 5.82 Å². The second-order valence-electron chi connectivity index (χ2n) is 4.17. The fraction of sp³-hybridized carbons (Fsp3) is 0.0714. The Balaban J connectivity index is 2.17. The molecule has 0 aliphatic rings. The maximum Gasteiger partial charge on any atom is 0.337 e. The summed E-state index contributed by atoms with van der Waals surface area (Å²) in [6, 6.07) is 8.22. The molecule has 0 saturated carbocycles. The average Bonchev–Trinajstić information content (AvgIpc) is 2.39. The summed E-state index contributed by atoms with van der Waals surface area (Å²) in [4.78, 5) is 26.7. The van der Waals surface area contributed by atoms with E-state index in [1.54, 1.807) is 6.07 Å². The van der Waals surface area contributed by atoms with Gasteiger partial charge in [0.2, 0.25) is 0 Å². The Morgan fingerprint density at radius 2 is 2.00 bits per heavy atom. The first kappa shape index (κ1) is 14.2. The van der Waals surface area contributed by atoms with Crippen molar-refractivity contribution in [3.63, 3.8) is 0 Å². The third-order valence-corrected chi connectivity index (χ3v) is 3.28. The highest BCUT2D eigenvalue weighted by atomic mass is 79.9. The van der Waals surface area contributed by atoms with E-state index < -0.39 is 5.97 Å². The van der Waals surface area contributed by atoms with Crippen LogP contribution in [0.4, 0.5) is 5.82 Å². The summed E-state index contributed by atoms with van der Waals surface area (Å²) in [6.07, 6.45) is 1.20. The first-order valence-electron chi connectivity index (χ1n) is 5.74. The van der Waals surface area contributed by atoms with E-state index in [0.717, 1.165) is 5.56 Å². The molecule has 2 N–H and O–H groups in total. The van der Waals surface area contributed by atoms with Gasteiger partial charge in [0, 0.05) is 10.7 Å². The summed E-state index contributed by atoms with van der Waals surface area (Å²) in [5.41, 5.74) is 1.59. The fourth-order valence-corrected chi connectivity index (χ4v) is 2.26. The molecule has 1 aromatic heterocycles. The normalized spacial score (nSPS) is 10.1. The minimum atomic E-state index is -1.06. The molecule has 102 valence electrons. The summed E-state index contributed by atoms with van der Waals surface area (Å²) >= 11 is 3.33. The fourth-order valence-electron chi connectivity index (χ4n) is 1.58. The molecule has 0 saturated heterocycles. The summed E-state index contributed by atoms with van der Waals surface area (Å²) in [7, 11) is 0. The zero-order chi connectivity index (χ0) is 14.7. The SMILES string of the molecule is Cc1ccc(C(=O)Nc2ccc(C(=O)O)cn2)c(Br)c1. The lowest BCUT2D eigenvalue weighted by molar-refractivity contribution is 0.0696. The van der Waals surface area contributed by atoms with Gasteiger partial charge in [-0.25, -0.2) is 9.78 Å². The summed E-state index contributed by atoms with van der Waals surface area (Å²) in [6.45, 7) is 1.93. The molecule has 2 rings (SSSR count). The van der Waals surface area contributed by atoms with Gasteiger partial charge >= 0.3 is 5.97 Å². The van der Waals surface area contributed by atoms with Crippen molar-refractivity contribution < 1.29 is 14.7 Å². The van der Waals surface area contributed by atoms with Crippen molar-refractivity contribution >= 4 is 33.6 Å². The third-order valence-electron chi connectivity index (χ3n) is 2.62. The number of benzene rings is 1.